The Hall–Kier alpha value is -1.26. The number of benzene rings is 1. The Labute approximate surface area is 217 Å². The molecule has 0 bridgehead atoms. The van der Waals surface area contributed by atoms with Crippen LogP contribution in [0, 0.1) is 13.8 Å². The van der Waals surface area contributed by atoms with E-state index < -0.39 is 21.9 Å². The number of hydrogen-bond acceptors (Lipinski definition) is 4. The number of nitrogens with zero attached hydrogens (tertiary/aromatic N) is 5. The van der Waals surface area contributed by atoms with Crippen molar-refractivity contribution in [1.29, 1.82) is 0 Å². The highest BCUT2D eigenvalue weighted by Crippen LogP contribution is 2.50. The van der Waals surface area contributed by atoms with Crippen molar-refractivity contribution in [1.82, 2.24) is 19.6 Å². The Morgan fingerprint density at radius 2 is 1.71 bits per heavy atom. The summed E-state index contributed by atoms with van der Waals surface area (Å²) >= 11 is 13.4. The summed E-state index contributed by atoms with van der Waals surface area (Å²) in [5.74, 6) is 0. The van der Waals surface area contributed by atoms with E-state index in [1.165, 1.54) is 4.68 Å². The fraction of sp³-hybridized carbons (Fsp3) is 0.625. The van der Waals surface area contributed by atoms with Crippen LogP contribution in [0.3, 0.4) is 0 Å². The molecule has 1 unspecified atom stereocenters. The number of rotatable bonds is 9. The Balaban J connectivity index is 1.62. The molecule has 2 heterocycles. The summed E-state index contributed by atoms with van der Waals surface area (Å²) in [6, 6.07) is 3.50. The van der Waals surface area contributed by atoms with Crippen LogP contribution in [0.15, 0.2) is 17.0 Å². The van der Waals surface area contributed by atoms with Gasteiger partial charge in [-0.15, -0.1) is 4.31 Å². The summed E-state index contributed by atoms with van der Waals surface area (Å²) in [6.07, 6.45) is 2.86. The van der Waals surface area contributed by atoms with Gasteiger partial charge in [0, 0.05) is 46.1 Å². The second kappa shape index (κ2) is 10.6. The molecule has 1 atom stereocenters. The standard InChI is InChI=1S/C24H34Cl2F2N5OS/c1-16-22(17(2)31(4)29-16)33(24(27)28)35(34,19-7-8-19)23-20(25)14-18(15-21(23)26)6-5-9-32-12-10-30(3)11-13-32/h14-15,19,24H,5-13H2,1-4H3/q+1. The molecule has 0 radical (unpaired) electrons. The predicted octanol–water partition coefficient (Wildman–Crippen LogP) is 5.19. The molecule has 1 aromatic carbocycles. The van der Waals surface area contributed by atoms with E-state index in [-0.39, 0.29) is 20.6 Å². The quantitative estimate of drug-likeness (QED) is 0.319. The van der Waals surface area contributed by atoms with Crippen molar-refractivity contribution in [2.75, 3.05) is 44.1 Å². The normalized spacial score (nSPS) is 19.3. The van der Waals surface area contributed by atoms with Gasteiger partial charge in [-0.25, -0.2) is 0 Å². The third kappa shape index (κ3) is 5.39. The van der Waals surface area contributed by atoms with Gasteiger partial charge in [-0.1, -0.05) is 27.4 Å². The van der Waals surface area contributed by atoms with E-state index in [1.807, 2.05) is 0 Å². The topological polar surface area (TPSA) is 44.6 Å². The van der Waals surface area contributed by atoms with Crippen molar-refractivity contribution < 1.29 is 13.0 Å². The van der Waals surface area contributed by atoms with E-state index in [0.29, 0.717) is 24.2 Å². The molecule has 11 heteroatoms. The maximum absolute atomic E-state index is 14.6. The first-order valence-corrected chi connectivity index (χ1v) is 14.4. The lowest BCUT2D eigenvalue weighted by Crippen LogP contribution is -2.44. The Morgan fingerprint density at radius 3 is 2.20 bits per heavy atom. The highest BCUT2D eigenvalue weighted by Gasteiger charge is 2.59. The lowest BCUT2D eigenvalue weighted by Gasteiger charge is -2.32. The number of hydrogen-bond donors (Lipinski definition) is 0. The Morgan fingerprint density at radius 1 is 1.11 bits per heavy atom. The molecule has 2 aromatic rings. The van der Waals surface area contributed by atoms with Gasteiger partial charge in [0.15, 0.2) is 5.25 Å². The van der Waals surface area contributed by atoms with Crippen LogP contribution in [0.2, 0.25) is 10.0 Å². The van der Waals surface area contributed by atoms with Gasteiger partial charge in [0.05, 0.1) is 21.4 Å². The average molecular weight is 550 g/mol. The molecule has 1 saturated carbocycles. The smallest absolute Gasteiger partial charge is 0.304 e. The minimum absolute atomic E-state index is 0.120. The van der Waals surface area contributed by atoms with E-state index in [9.17, 15) is 13.0 Å². The highest BCUT2D eigenvalue weighted by atomic mass is 35.5. The number of aryl methyl sites for hydroxylation is 3. The summed E-state index contributed by atoms with van der Waals surface area (Å²) in [6.45, 7) is 5.56. The van der Waals surface area contributed by atoms with E-state index in [2.05, 4.69) is 21.9 Å². The number of aromatic nitrogens is 2. The van der Waals surface area contributed by atoms with Crippen LogP contribution in [0.1, 0.15) is 36.2 Å². The molecule has 2 aliphatic rings. The molecule has 0 amide bonds. The lowest BCUT2D eigenvalue weighted by atomic mass is 10.1. The van der Waals surface area contributed by atoms with Crippen LogP contribution in [0.4, 0.5) is 14.5 Å². The lowest BCUT2D eigenvalue weighted by molar-refractivity contribution is 0.153. The predicted molar refractivity (Wildman–Crippen MR) is 139 cm³/mol. The zero-order valence-corrected chi connectivity index (χ0v) is 23.1. The summed E-state index contributed by atoms with van der Waals surface area (Å²) in [5.41, 5.74) is 2.02. The van der Waals surface area contributed by atoms with Crippen LogP contribution >= 0.6 is 23.2 Å². The molecule has 4 rings (SSSR count). The number of anilines is 1. The van der Waals surface area contributed by atoms with Gasteiger partial charge in [0.2, 0.25) is 15.0 Å². The monoisotopic (exact) mass is 548 g/mol. The molecule has 1 aromatic heterocycles. The first kappa shape index (κ1) is 26.8. The van der Waals surface area contributed by atoms with Crippen molar-refractivity contribution >= 4 is 39.0 Å². The zero-order valence-electron chi connectivity index (χ0n) is 20.7. The molecular formula is C24H34Cl2F2N5OS+. The third-order valence-electron chi connectivity index (χ3n) is 7.02. The number of alkyl halides is 2. The van der Waals surface area contributed by atoms with Crippen LogP contribution in [-0.2, 0) is 27.8 Å². The molecule has 1 aliphatic heterocycles. The molecule has 0 spiro atoms. The van der Waals surface area contributed by atoms with E-state index >= 15 is 0 Å². The van der Waals surface area contributed by atoms with E-state index in [1.54, 1.807) is 33.0 Å². The molecule has 1 aliphatic carbocycles. The van der Waals surface area contributed by atoms with Gasteiger partial charge in [0.25, 0.3) is 0 Å². The fourth-order valence-corrected chi connectivity index (χ4v) is 9.13. The van der Waals surface area contributed by atoms with Crippen molar-refractivity contribution in [3.63, 3.8) is 0 Å². The molecule has 1 saturated heterocycles. The van der Waals surface area contributed by atoms with Crippen molar-refractivity contribution in [3.8, 4) is 0 Å². The minimum Gasteiger partial charge on any atom is -0.304 e. The second-order valence-electron chi connectivity index (χ2n) is 9.65. The van der Waals surface area contributed by atoms with Crippen LogP contribution in [-0.4, -0.2) is 71.2 Å². The first-order valence-electron chi connectivity index (χ1n) is 12.0. The number of likely N-dealkylation sites (N-methyl/N-ethyl adjacent to an activating group) is 1. The molecular weight excluding hydrogens is 515 g/mol. The van der Waals surface area contributed by atoms with E-state index in [4.69, 9.17) is 23.2 Å². The maximum atomic E-state index is 14.6. The van der Waals surface area contributed by atoms with Gasteiger partial charge < -0.3 is 9.80 Å². The summed E-state index contributed by atoms with van der Waals surface area (Å²) in [5, 5.41) is 4.22. The van der Waals surface area contributed by atoms with Gasteiger partial charge in [-0.05, 0) is 58.0 Å². The Kier molecular flexibility index (Phi) is 8.13. The van der Waals surface area contributed by atoms with E-state index in [0.717, 1.165) is 55.4 Å². The van der Waals surface area contributed by atoms with Gasteiger partial charge in [-0.3, -0.25) is 4.68 Å². The molecule has 35 heavy (non-hydrogen) atoms. The van der Waals surface area contributed by atoms with Gasteiger partial charge >= 0.3 is 6.55 Å². The molecule has 194 valence electrons. The summed E-state index contributed by atoms with van der Waals surface area (Å²) in [4.78, 5) is 4.88. The maximum Gasteiger partial charge on any atom is 0.352 e. The minimum atomic E-state index is -3.47. The van der Waals surface area contributed by atoms with Crippen LogP contribution in [0.25, 0.3) is 0 Å². The Bertz CT molecular complexity index is 1090. The molecule has 6 nitrogen and oxygen atoms in total. The van der Waals surface area contributed by atoms with Crippen molar-refractivity contribution in [2.24, 2.45) is 7.05 Å². The first-order chi connectivity index (χ1) is 16.5. The molecule has 0 N–H and O–H groups in total. The average Bonchev–Trinajstić information content (AvgIpc) is 3.60. The SMILES string of the molecule is Cc1nn(C)c(C)c1N(C(F)F)[S+](=O)(c1c(Cl)cc(CCCN2CCN(C)CC2)cc1Cl)C1CC1. The van der Waals surface area contributed by atoms with Gasteiger partial charge in [0.1, 0.15) is 5.69 Å². The van der Waals surface area contributed by atoms with Crippen molar-refractivity contribution in [2.45, 2.75) is 56.2 Å². The number of halogens is 4. The fourth-order valence-electron chi connectivity index (χ4n) is 4.86. The van der Waals surface area contributed by atoms with Gasteiger partial charge in [-0.2, -0.15) is 13.9 Å². The van der Waals surface area contributed by atoms with Crippen LogP contribution < -0.4 is 4.31 Å². The second-order valence-corrected chi connectivity index (χ2v) is 13.1. The molecule has 2 fully saturated rings. The van der Waals surface area contributed by atoms with Crippen molar-refractivity contribution in [3.05, 3.63) is 39.1 Å². The number of piperazine rings is 1. The zero-order chi connectivity index (χ0) is 25.5. The third-order valence-corrected chi connectivity index (χ3v) is 11.2. The summed E-state index contributed by atoms with van der Waals surface area (Å²) in [7, 11) is 0.354. The summed E-state index contributed by atoms with van der Waals surface area (Å²) < 4.78 is 46.2. The van der Waals surface area contributed by atoms with Crippen LogP contribution in [0.5, 0.6) is 0 Å². The highest BCUT2D eigenvalue weighted by molar-refractivity contribution is 8.05. The largest absolute Gasteiger partial charge is 0.352 e.